The average Bonchev–Trinajstić information content (AvgIpc) is 3.37. The molecule has 1 aliphatic rings. The Bertz CT molecular complexity index is 734. The van der Waals surface area contributed by atoms with Crippen molar-refractivity contribution < 1.29 is 9.53 Å². The van der Waals surface area contributed by atoms with E-state index in [0.29, 0.717) is 6.54 Å². The van der Waals surface area contributed by atoms with Crippen LogP contribution in [0.5, 0.6) is 5.75 Å². The Hall–Kier alpha value is -2.49. The third-order valence-corrected chi connectivity index (χ3v) is 4.77. The molecule has 1 aliphatic carbocycles. The zero-order valence-corrected chi connectivity index (χ0v) is 14.5. The molecule has 2 N–H and O–H groups in total. The Morgan fingerprint density at radius 2 is 1.83 bits per heavy atom. The highest BCUT2D eigenvalue weighted by molar-refractivity contribution is 5.90. The van der Waals surface area contributed by atoms with Crippen LogP contribution in [-0.2, 0) is 5.41 Å². The van der Waals surface area contributed by atoms with Gasteiger partial charge in [-0.1, -0.05) is 29.8 Å². The molecule has 2 amide bonds. The van der Waals surface area contributed by atoms with Crippen molar-refractivity contribution in [3.05, 3.63) is 59.2 Å². The summed E-state index contributed by atoms with van der Waals surface area (Å²) in [7, 11) is 1.67. The molecule has 2 aromatic rings. The molecule has 0 saturated heterocycles. The van der Waals surface area contributed by atoms with E-state index in [2.05, 4.69) is 28.8 Å². The van der Waals surface area contributed by atoms with Gasteiger partial charge in [-0.2, -0.15) is 0 Å². The fourth-order valence-electron chi connectivity index (χ4n) is 3.03. The van der Waals surface area contributed by atoms with Crippen molar-refractivity contribution in [3.8, 4) is 5.75 Å². The van der Waals surface area contributed by atoms with Crippen LogP contribution in [0.1, 0.15) is 29.5 Å². The van der Waals surface area contributed by atoms with Crippen LogP contribution < -0.4 is 15.4 Å². The third kappa shape index (κ3) is 3.53. The highest BCUT2D eigenvalue weighted by atomic mass is 16.5. The largest absolute Gasteiger partial charge is 0.497 e. The van der Waals surface area contributed by atoms with Crippen molar-refractivity contribution >= 4 is 11.7 Å². The zero-order valence-electron chi connectivity index (χ0n) is 14.5. The number of carbonyl (C=O) groups is 1. The summed E-state index contributed by atoms with van der Waals surface area (Å²) in [6, 6.07) is 14.0. The molecular formula is C20H24N2O2. The average molecular weight is 324 g/mol. The first-order valence-corrected chi connectivity index (χ1v) is 8.29. The SMILES string of the molecule is COc1ccc(C2(CNC(=O)Nc3ccc(C)cc3C)CC2)cc1. The van der Waals surface area contributed by atoms with E-state index in [1.54, 1.807) is 7.11 Å². The van der Waals surface area contributed by atoms with Gasteiger partial charge in [0.15, 0.2) is 0 Å². The summed E-state index contributed by atoms with van der Waals surface area (Å²) < 4.78 is 5.21. The summed E-state index contributed by atoms with van der Waals surface area (Å²) in [6.07, 6.45) is 2.20. The molecule has 0 atom stereocenters. The Labute approximate surface area is 143 Å². The summed E-state index contributed by atoms with van der Waals surface area (Å²) in [5.41, 5.74) is 4.45. The lowest BCUT2D eigenvalue weighted by molar-refractivity contribution is 0.251. The molecular weight excluding hydrogens is 300 g/mol. The van der Waals surface area contributed by atoms with Gasteiger partial charge in [0, 0.05) is 17.6 Å². The van der Waals surface area contributed by atoms with Crippen LogP contribution in [0, 0.1) is 13.8 Å². The maximum absolute atomic E-state index is 12.2. The Morgan fingerprint density at radius 1 is 1.12 bits per heavy atom. The molecule has 1 fully saturated rings. The normalized spacial score (nSPS) is 14.8. The number of hydrogen-bond acceptors (Lipinski definition) is 2. The summed E-state index contributed by atoms with van der Waals surface area (Å²) in [5, 5.41) is 5.96. The van der Waals surface area contributed by atoms with Crippen molar-refractivity contribution in [3.63, 3.8) is 0 Å². The minimum Gasteiger partial charge on any atom is -0.497 e. The van der Waals surface area contributed by atoms with Crippen LogP contribution in [-0.4, -0.2) is 19.7 Å². The van der Waals surface area contributed by atoms with Crippen molar-refractivity contribution in [1.82, 2.24) is 5.32 Å². The van der Waals surface area contributed by atoms with Gasteiger partial charge in [-0.25, -0.2) is 4.79 Å². The monoisotopic (exact) mass is 324 g/mol. The number of benzene rings is 2. The lowest BCUT2D eigenvalue weighted by Crippen LogP contribution is -2.35. The molecule has 2 aromatic carbocycles. The van der Waals surface area contributed by atoms with Gasteiger partial charge in [0.1, 0.15) is 5.75 Å². The standard InChI is InChI=1S/C20H24N2O2/c1-14-4-9-18(15(2)12-14)22-19(23)21-13-20(10-11-20)16-5-7-17(24-3)8-6-16/h4-9,12H,10-11,13H2,1-3H3,(H2,21,22,23). The molecule has 0 heterocycles. The first-order valence-electron chi connectivity index (χ1n) is 8.29. The second-order valence-corrected chi connectivity index (χ2v) is 6.63. The number of methoxy groups -OCH3 is 1. The number of nitrogens with one attached hydrogen (secondary N) is 2. The van der Waals surface area contributed by atoms with Crippen LogP contribution >= 0.6 is 0 Å². The summed E-state index contributed by atoms with van der Waals surface area (Å²) in [6.45, 7) is 4.70. The lowest BCUT2D eigenvalue weighted by atomic mass is 9.96. The molecule has 3 rings (SSSR count). The van der Waals surface area contributed by atoms with Crippen molar-refractivity contribution in [2.24, 2.45) is 0 Å². The molecule has 24 heavy (non-hydrogen) atoms. The molecule has 0 spiro atoms. The maximum atomic E-state index is 12.2. The minimum atomic E-state index is -0.151. The van der Waals surface area contributed by atoms with Crippen LogP contribution in [0.3, 0.4) is 0 Å². The Morgan fingerprint density at radius 3 is 2.42 bits per heavy atom. The number of rotatable bonds is 5. The predicted molar refractivity (Wildman–Crippen MR) is 96.8 cm³/mol. The molecule has 0 aliphatic heterocycles. The van der Waals surface area contributed by atoms with Crippen molar-refractivity contribution in [2.75, 3.05) is 19.0 Å². The Kier molecular flexibility index (Phi) is 4.47. The van der Waals surface area contributed by atoms with E-state index in [1.165, 1.54) is 11.1 Å². The molecule has 4 heteroatoms. The van der Waals surface area contributed by atoms with Crippen molar-refractivity contribution in [2.45, 2.75) is 32.1 Å². The number of hydrogen-bond donors (Lipinski definition) is 2. The molecule has 0 aromatic heterocycles. The number of urea groups is 1. The number of amides is 2. The van der Waals surface area contributed by atoms with E-state index < -0.39 is 0 Å². The zero-order chi connectivity index (χ0) is 17.2. The van der Waals surface area contributed by atoms with Crippen LogP contribution in [0.25, 0.3) is 0 Å². The van der Waals surface area contributed by atoms with Gasteiger partial charge in [-0.3, -0.25) is 0 Å². The van der Waals surface area contributed by atoms with Crippen LogP contribution in [0.4, 0.5) is 10.5 Å². The Balaban J connectivity index is 1.59. The van der Waals surface area contributed by atoms with Gasteiger partial charge in [0.2, 0.25) is 0 Å². The van der Waals surface area contributed by atoms with Gasteiger partial charge in [-0.05, 0) is 56.0 Å². The van der Waals surface area contributed by atoms with Gasteiger partial charge >= 0.3 is 6.03 Å². The number of ether oxygens (including phenoxy) is 1. The first kappa shape index (κ1) is 16.4. The fraction of sp³-hybridized carbons (Fsp3) is 0.350. The molecule has 4 nitrogen and oxygen atoms in total. The number of carbonyl (C=O) groups excluding carboxylic acids is 1. The molecule has 0 unspecified atom stereocenters. The van der Waals surface area contributed by atoms with Crippen LogP contribution in [0.15, 0.2) is 42.5 Å². The predicted octanol–water partition coefficient (Wildman–Crippen LogP) is 4.17. The summed E-state index contributed by atoms with van der Waals surface area (Å²) >= 11 is 0. The molecule has 0 radical (unpaired) electrons. The maximum Gasteiger partial charge on any atom is 0.319 e. The fourth-order valence-corrected chi connectivity index (χ4v) is 3.03. The summed E-state index contributed by atoms with van der Waals surface area (Å²) in [5.74, 6) is 0.857. The van der Waals surface area contributed by atoms with E-state index in [4.69, 9.17) is 4.74 Å². The number of anilines is 1. The van der Waals surface area contributed by atoms with Crippen molar-refractivity contribution in [1.29, 1.82) is 0 Å². The first-order chi connectivity index (χ1) is 11.5. The number of aryl methyl sites for hydroxylation is 2. The van der Waals surface area contributed by atoms with Gasteiger partial charge < -0.3 is 15.4 Å². The highest BCUT2D eigenvalue weighted by Gasteiger charge is 2.44. The quantitative estimate of drug-likeness (QED) is 0.867. The van der Waals surface area contributed by atoms with E-state index >= 15 is 0 Å². The highest BCUT2D eigenvalue weighted by Crippen LogP contribution is 2.47. The second-order valence-electron chi connectivity index (χ2n) is 6.63. The minimum absolute atomic E-state index is 0.0753. The third-order valence-electron chi connectivity index (χ3n) is 4.77. The van der Waals surface area contributed by atoms with E-state index in [0.717, 1.165) is 29.8 Å². The van der Waals surface area contributed by atoms with Gasteiger partial charge in [0.05, 0.1) is 7.11 Å². The molecule has 0 bridgehead atoms. The van der Waals surface area contributed by atoms with E-state index in [9.17, 15) is 4.79 Å². The molecule has 126 valence electrons. The lowest BCUT2D eigenvalue weighted by Gasteiger charge is -2.18. The van der Waals surface area contributed by atoms with E-state index in [1.807, 2.05) is 38.1 Å². The van der Waals surface area contributed by atoms with Gasteiger partial charge in [0.25, 0.3) is 0 Å². The van der Waals surface area contributed by atoms with E-state index in [-0.39, 0.29) is 11.4 Å². The van der Waals surface area contributed by atoms with Crippen LogP contribution in [0.2, 0.25) is 0 Å². The second kappa shape index (κ2) is 6.56. The summed E-state index contributed by atoms with van der Waals surface area (Å²) in [4.78, 5) is 12.2. The topological polar surface area (TPSA) is 50.4 Å². The molecule has 1 saturated carbocycles. The smallest absolute Gasteiger partial charge is 0.319 e. The van der Waals surface area contributed by atoms with Gasteiger partial charge in [-0.15, -0.1) is 0 Å².